The normalized spacial score (nSPS) is 11.9. The fourth-order valence-electron chi connectivity index (χ4n) is 2.48. The summed E-state index contributed by atoms with van der Waals surface area (Å²) in [7, 11) is 3.42. The molecular formula is C19H24N2O2S. The first-order valence-corrected chi connectivity index (χ1v) is 8.96. The third-order valence-corrected chi connectivity index (χ3v) is 4.72. The summed E-state index contributed by atoms with van der Waals surface area (Å²) in [5.74, 6) is 0.718. The minimum Gasteiger partial charge on any atom is -0.496 e. The fourth-order valence-corrected chi connectivity index (χ4v) is 3.03. The Kier molecular flexibility index (Phi) is 6.29. The number of thioether (sulfide) groups is 1. The second-order valence-electron chi connectivity index (χ2n) is 5.77. The highest BCUT2D eigenvalue weighted by atomic mass is 32.2. The minimum absolute atomic E-state index is 0.105. The molecule has 4 nitrogen and oxygen atoms in total. The summed E-state index contributed by atoms with van der Waals surface area (Å²) in [6.45, 7) is 2.50. The van der Waals surface area contributed by atoms with Crippen LogP contribution in [0.3, 0.4) is 0 Å². The third-order valence-electron chi connectivity index (χ3n) is 3.95. The maximum atomic E-state index is 12.6. The molecule has 1 atom stereocenters. The number of aryl methyl sites for hydroxylation is 1. The van der Waals surface area contributed by atoms with Crippen molar-refractivity contribution in [3.05, 3.63) is 59.2 Å². The molecule has 5 heteroatoms. The van der Waals surface area contributed by atoms with Crippen LogP contribution in [-0.2, 0) is 11.3 Å². The molecule has 0 aliphatic heterocycles. The number of rotatable bonds is 6. The Labute approximate surface area is 148 Å². The van der Waals surface area contributed by atoms with Crippen molar-refractivity contribution in [2.75, 3.05) is 20.4 Å². The molecule has 0 aliphatic carbocycles. The standard InChI is InChI=1S/C19H24N2O2S/c1-13-5-8-15(9-6-13)18(20)19(22)21(2)12-14-7-10-17(24-4)16(11-14)23-3/h5-11,18H,12,20H2,1-4H3. The topological polar surface area (TPSA) is 55.6 Å². The van der Waals surface area contributed by atoms with Crippen molar-refractivity contribution in [3.8, 4) is 5.75 Å². The van der Waals surface area contributed by atoms with E-state index < -0.39 is 6.04 Å². The first kappa shape index (κ1) is 18.4. The SMILES string of the molecule is COc1cc(CN(C)C(=O)C(N)c2ccc(C)cc2)ccc1SC. The van der Waals surface area contributed by atoms with Crippen LogP contribution in [0.15, 0.2) is 47.4 Å². The summed E-state index contributed by atoms with van der Waals surface area (Å²) < 4.78 is 5.40. The van der Waals surface area contributed by atoms with E-state index in [0.29, 0.717) is 6.54 Å². The first-order chi connectivity index (χ1) is 11.5. The fraction of sp³-hybridized carbons (Fsp3) is 0.316. The maximum Gasteiger partial charge on any atom is 0.244 e. The van der Waals surface area contributed by atoms with Crippen LogP contribution in [0.2, 0.25) is 0 Å². The average Bonchev–Trinajstić information content (AvgIpc) is 2.60. The number of likely N-dealkylation sites (N-methyl/N-ethyl adjacent to an activating group) is 1. The van der Waals surface area contributed by atoms with Gasteiger partial charge in [-0.25, -0.2) is 0 Å². The van der Waals surface area contributed by atoms with E-state index in [1.165, 1.54) is 0 Å². The molecule has 2 aromatic rings. The van der Waals surface area contributed by atoms with Gasteiger partial charge in [-0.3, -0.25) is 4.79 Å². The number of amides is 1. The quantitative estimate of drug-likeness (QED) is 0.816. The Morgan fingerprint density at radius 1 is 1.25 bits per heavy atom. The Balaban J connectivity index is 2.09. The Hall–Kier alpha value is -1.98. The molecule has 0 aliphatic rings. The van der Waals surface area contributed by atoms with Crippen molar-refractivity contribution in [2.45, 2.75) is 24.4 Å². The smallest absolute Gasteiger partial charge is 0.244 e. The average molecular weight is 344 g/mol. The molecule has 2 N–H and O–H groups in total. The largest absolute Gasteiger partial charge is 0.496 e. The van der Waals surface area contributed by atoms with E-state index in [9.17, 15) is 4.79 Å². The summed E-state index contributed by atoms with van der Waals surface area (Å²) >= 11 is 1.63. The van der Waals surface area contributed by atoms with Gasteiger partial charge in [-0.2, -0.15) is 0 Å². The van der Waals surface area contributed by atoms with Gasteiger partial charge in [-0.15, -0.1) is 11.8 Å². The lowest BCUT2D eigenvalue weighted by Crippen LogP contribution is -2.35. The zero-order valence-electron chi connectivity index (χ0n) is 14.6. The number of methoxy groups -OCH3 is 1. The molecule has 0 bridgehead atoms. The van der Waals surface area contributed by atoms with Gasteiger partial charge in [0.05, 0.1) is 7.11 Å². The third kappa shape index (κ3) is 4.30. The molecule has 1 unspecified atom stereocenters. The molecular weight excluding hydrogens is 320 g/mol. The lowest BCUT2D eigenvalue weighted by atomic mass is 10.0. The van der Waals surface area contributed by atoms with Crippen LogP contribution in [0.25, 0.3) is 0 Å². The highest BCUT2D eigenvalue weighted by Gasteiger charge is 2.20. The molecule has 0 saturated carbocycles. The van der Waals surface area contributed by atoms with Gasteiger partial charge >= 0.3 is 0 Å². The molecule has 2 aromatic carbocycles. The Morgan fingerprint density at radius 2 is 1.92 bits per heavy atom. The molecule has 1 amide bonds. The van der Waals surface area contributed by atoms with E-state index in [1.807, 2.05) is 55.6 Å². The Morgan fingerprint density at radius 3 is 2.50 bits per heavy atom. The molecule has 128 valence electrons. The Bertz CT molecular complexity index is 701. The van der Waals surface area contributed by atoms with Crippen LogP contribution in [0.1, 0.15) is 22.7 Å². The first-order valence-electron chi connectivity index (χ1n) is 7.74. The van der Waals surface area contributed by atoms with Crippen molar-refractivity contribution >= 4 is 17.7 Å². The summed E-state index contributed by atoms with van der Waals surface area (Å²) in [5.41, 5.74) is 9.11. The van der Waals surface area contributed by atoms with Crippen molar-refractivity contribution in [2.24, 2.45) is 5.73 Å². The van der Waals surface area contributed by atoms with Crippen molar-refractivity contribution in [1.29, 1.82) is 0 Å². The molecule has 0 saturated heterocycles. The number of ether oxygens (including phenoxy) is 1. The number of carbonyl (C=O) groups excluding carboxylic acids is 1. The zero-order chi connectivity index (χ0) is 17.7. The molecule has 0 radical (unpaired) electrons. The second kappa shape index (κ2) is 8.22. The van der Waals surface area contributed by atoms with Gasteiger partial charge in [-0.05, 0) is 36.4 Å². The van der Waals surface area contributed by atoms with E-state index in [2.05, 4.69) is 0 Å². The summed E-state index contributed by atoms with van der Waals surface area (Å²) in [4.78, 5) is 15.3. The zero-order valence-corrected chi connectivity index (χ0v) is 15.4. The second-order valence-corrected chi connectivity index (χ2v) is 6.62. The molecule has 0 fully saturated rings. The van der Waals surface area contributed by atoms with Gasteiger partial charge in [0.2, 0.25) is 5.91 Å². The van der Waals surface area contributed by atoms with Gasteiger partial charge in [0, 0.05) is 18.5 Å². The van der Waals surface area contributed by atoms with Gasteiger partial charge in [0.15, 0.2) is 0 Å². The molecule has 0 spiro atoms. The van der Waals surface area contributed by atoms with E-state index in [0.717, 1.165) is 27.3 Å². The number of hydrogen-bond acceptors (Lipinski definition) is 4. The highest BCUT2D eigenvalue weighted by Crippen LogP contribution is 2.28. The predicted octanol–water partition coefficient (Wildman–Crippen LogP) is 3.38. The highest BCUT2D eigenvalue weighted by molar-refractivity contribution is 7.98. The lowest BCUT2D eigenvalue weighted by Gasteiger charge is -2.22. The number of nitrogens with zero attached hydrogens (tertiary/aromatic N) is 1. The van der Waals surface area contributed by atoms with Crippen LogP contribution in [-0.4, -0.2) is 31.2 Å². The molecule has 24 heavy (non-hydrogen) atoms. The van der Waals surface area contributed by atoms with E-state index in [4.69, 9.17) is 10.5 Å². The van der Waals surface area contributed by atoms with Gasteiger partial charge < -0.3 is 15.4 Å². The van der Waals surface area contributed by atoms with Crippen LogP contribution in [0, 0.1) is 6.92 Å². The number of carbonyl (C=O) groups is 1. The van der Waals surface area contributed by atoms with E-state index in [1.54, 1.807) is 30.8 Å². The molecule has 0 heterocycles. The minimum atomic E-state index is -0.650. The maximum absolute atomic E-state index is 12.6. The van der Waals surface area contributed by atoms with Crippen LogP contribution < -0.4 is 10.5 Å². The van der Waals surface area contributed by atoms with Crippen LogP contribution in [0.4, 0.5) is 0 Å². The van der Waals surface area contributed by atoms with Crippen LogP contribution >= 0.6 is 11.8 Å². The molecule has 0 aromatic heterocycles. The number of hydrogen-bond donors (Lipinski definition) is 1. The van der Waals surface area contributed by atoms with Gasteiger partial charge in [0.1, 0.15) is 11.8 Å². The number of benzene rings is 2. The number of nitrogens with two attached hydrogens (primary N) is 1. The van der Waals surface area contributed by atoms with Crippen molar-refractivity contribution in [1.82, 2.24) is 4.90 Å². The van der Waals surface area contributed by atoms with E-state index >= 15 is 0 Å². The molecule has 2 rings (SSSR count). The predicted molar refractivity (Wildman–Crippen MR) is 99.4 cm³/mol. The summed E-state index contributed by atoms with van der Waals surface area (Å²) in [6, 6.07) is 13.1. The van der Waals surface area contributed by atoms with Crippen molar-refractivity contribution < 1.29 is 9.53 Å². The van der Waals surface area contributed by atoms with Gasteiger partial charge in [-0.1, -0.05) is 35.9 Å². The summed E-state index contributed by atoms with van der Waals surface area (Å²) in [5, 5.41) is 0. The lowest BCUT2D eigenvalue weighted by molar-refractivity contribution is -0.131. The van der Waals surface area contributed by atoms with Gasteiger partial charge in [0.25, 0.3) is 0 Å². The summed E-state index contributed by atoms with van der Waals surface area (Å²) in [6.07, 6.45) is 2.01. The van der Waals surface area contributed by atoms with Crippen LogP contribution in [0.5, 0.6) is 5.75 Å². The van der Waals surface area contributed by atoms with Crippen molar-refractivity contribution in [3.63, 3.8) is 0 Å². The monoisotopic (exact) mass is 344 g/mol. The van der Waals surface area contributed by atoms with E-state index in [-0.39, 0.29) is 5.91 Å².